The minimum atomic E-state index is -0.726. The zero-order valence-corrected chi connectivity index (χ0v) is 18.9. The molecule has 3 aromatic rings. The second-order valence-corrected chi connectivity index (χ2v) is 8.64. The summed E-state index contributed by atoms with van der Waals surface area (Å²) in [4.78, 5) is 39.3. The number of piperidine rings is 1. The van der Waals surface area contributed by atoms with Crippen LogP contribution in [0.3, 0.4) is 0 Å². The van der Waals surface area contributed by atoms with Gasteiger partial charge in [0.1, 0.15) is 16.2 Å². The highest BCUT2D eigenvalue weighted by atomic mass is 32.1. The number of thiazole rings is 1. The van der Waals surface area contributed by atoms with Gasteiger partial charge in [0.2, 0.25) is 11.9 Å². The smallest absolute Gasteiger partial charge is 0.275 e. The lowest BCUT2D eigenvalue weighted by molar-refractivity contribution is -0.125. The van der Waals surface area contributed by atoms with E-state index < -0.39 is 5.54 Å². The normalized spacial score (nSPS) is 15.2. The monoisotopic (exact) mass is 467 g/mol. The summed E-state index contributed by atoms with van der Waals surface area (Å²) in [7, 11) is 1.74. The molecule has 33 heavy (non-hydrogen) atoms. The third-order valence-electron chi connectivity index (χ3n) is 5.83. The summed E-state index contributed by atoms with van der Waals surface area (Å²) in [5.74, 6) is -0.552. The van der Waals surface area contributed by atoms with E-state index in [0.29, 0.717) is 47.9 Å². The molecule has 1 aliphatic heterocycles. The summed E-state index contributed by atoms with van der Waals surface area (Å²) in [6, 6.07) is 5.35. The van der Waals surface area contributed by atoms with Gasteiger partial charge in [-0.2, -0.15) is 0 Å². The van der Waals surface area contributed by atoms with Gasteiger partial charge in [-0.3, -0.25) is 9.59 Å². The summed E-state index contributed by atoms with van der Waals surface area (Å²) in [6.45, 7) is 1.18. The SMILES string of the molecule is CNC1(C(N)=O)CCN(c2ccc(N)cc2NC(=O)c2csc(-c3cnc(N)nc3)n2)CC1. The number of rotatable bonds is 6. The molecular formula is C21H25N9O2S. The quantitative estimate of drug-likeness (QED) is 0.331. The van der Waals surface area contributed by atoms with Gasteiger partial charge in [-0.05, 0) is 38.1 Å². The largest absolute Gasteiger partial charge is 0.399 e. The van der Waals surface area contributed by atoms with Crippen LogP contribution in [0.25, 0.3) is 10.6 Å². The van der Waals surface area contributed by atoms with Crippen LogP contribution in [0.2, 0.25) is 0 Å². The molecule has 0 spiro atoms. The predicted molar refractivity (Wildman–Crippen MR) is 129 cm³/mol. The summed E-state index contributed by atoms with van der Waals surface area (Å²) in [5, 5.41) is 8.27. The van der Waals surface area contributed by atoms with E-state index in [1.165, 1.54) is 11.3 Å². The van der Waals surface area contributed by atoms with Gasteiger partial charge in [-0.1, -0.05) is 0 Å². The second-order valence-electron chi connectivity index (χ2n) is 7.78. The minimum absolute atomic E-state index is 0.169. The Balaban J connectivity index is 1.52. The Bertz CT molecular complexity index is 1170. The third kappa shape index (κ3) is 4.56. The van der Waals surface area contributed by atoms with E-state index in [1.54, 1.807) is 37.0 Å². The van der Waals surface area contributed by atoms with Gasteiger partial charge in [-0.25, -0.2) is 15.0 Å². The van der Waals surface area contributed by atoms with Gasteiger partial charge in [0.15, 0.2) is 0 Å². The van der Waals surface area contributed by atoms with E-state index in [1.807, 2.05) is 6.07 Å². The highest BCUT2D eigenvalue weighted by Crippen LogP contribution is 2.33. The van der Waals surface area contributed by atoms with Crippen molar-refractivity contribution in [3.63, 3.8) is 0 Å². The number of likely N-dealkylation sites (N-methyl/N-ethyl adjacent to an activating group) is 1. The molecule has 1 aliphatic rings. The van der Waals surface area contributed by atoms with Crippen LogP contribution in [-0.2, 0) is 4.79 Å². The lowest BCUT2D eigenvalue weighted by Crippen LogP contribution is -2.59. The zero-order valence-electron chi connectivity index (χ0n) is 18.0. The van der Waals surface area contributed by atoms with Crippen molar-refractivity contribution in [3.05, 3.63) is 41.7 Å². The molecule has 0 unspecified atom stereocenters. The van der Waals surface area contributed by atoms with Gasteiger partial charge >= 0.3 is 0 Å². The van der Waals surface area contributed by atoms with E-state index in [-0.39, 0.29) is 23.5 Å². The molecule has 11 nitrogen and oxygen atoms in total. The number of nitrogens with one attached hydrogen (secondary N) is 2. The molecule has 2 amide bonds. The number of benzene rings is 1. The van der Waals surface area contributed by atoms with Crippen molar-refractivity contribution in [2.24, 2.45) is 5.73 Å². The average molecular weight is 468 g/mol. The van der Waals surface area contributed by atoms with Crippen LogP contribution in [0.15, 0.2) is 36.0 Å². The van der Waals surface area contributed by atoms with E-state index in [9.17, 15) is 9.59 Å². The number of hydrogen-bond donors (Lipinski definition) is 5. The van der Waals surface area contributed by atoms with Gasteiger partial charge in [-0.15, -0.1) is 11.3 Å². The molecular weight excluding hydrogens is 442 g/mol. The fourth-order valence-corrected chi connectivity index (χ4v) is 4.60. The highest BCUT2D eigenvalue weighted by molar-refractivity contribution is 7.13. The standard InChI is InChI=1S/C21H25N9O2S/c1-25-21(19(23)32)4-6-30(7-5-21)16-3-2-13(22)8-14(16)28-17(31)15-11-33-18(29-15)12-9-26-20(24)27-10-12/h2-3,8-11,25H,4-7,22H2,1H3,(H2,23,32)(H,28,31)(H2,24,26,27). The Hall–Kier alpha value is -3.77. The molecule has 0 aliphatic carbocycles. The maximum Gasteiger partial charge on any atom is 0.275 e. The Morgan fingerprint density at radius 2 is 1.85 bits per heavy atom. The molecule has 172 valence electrons. The number of nitrogens with zero attached hydrogens (tertiary/aromatic N) is 4. The van der Waals surface area contributed by atoms with Crippen LogP contribution in [0.1, 0.15) is 23.3 Å². The van der Waals surface area contributed by atoms with Crippen LogP contribution in [0.4, 0.5) is 23.0 Å². The third-order valence-corrected chi connectivity index (χ3v) is 6.72. The molecule has 12 heteroatoms. The molecule has 8 N–H and O–H groups in total. The Morgan fingerprint density at radius 3 is 2.48 bits per heavy atom. The van der Waals surface area contributed by atoms with E-state index in [0.717, 1.165) is 5.69 Å². The highest BCUT2D eigenvalue weighted by Gasteiger charge is 2.38. The lowest BCUT2D eigenvalue weighted by Gasteiger charge is -2.41. The van der Waals surface area contributed by atoms with Gasteiger partial charge < -0.3 is 32.7 Å². The van der Waals surface area contributed by atoms with Crippen molar-refractivity contribution in [2.45, 2.75) is 18.4 Å². The fourth-order valence-electron chi connectivity index (χ4n) is 3.82. The molecule has 3 heterocycles. The Morgan fingerprint density at radius 1 is 1.15 bits per heavy atom. The van der Waals surface area contributed by atoms with Gasteiger partial charge in [0.25, 0.3) is 5.91 Å². The van der Waals surface area contributed by atoms with E-state index >= 15 is 0 Å². The summed E-state index contributed by atoms with van der Waals surface area (Å²) in [6.07, 6.45) is 4.23. The predicted octanol–water partition coefficient (Wildman–Crippen LogP) is 1.06. The van der Waals surface area contributed by atoms with Crippen LogP contribution in [0, 0.1) is 0 Å². The first-order valence-electron chi connectivity index (χ1n) is 10.3. The Labute approximate surface area is 194 Å². The van der Waals surface area contributed by atoms with Crippen molar-refractivity contribution >= 4 is 46.2 Å². The van der Waals surface area contributed by atoms with Crippen molar-refractivity contribution in [1.82, 2.24) is 20.3 Å². The summed E-state index contributed by atoms with van der Waals surface area (Å²) in [5.41, 5.74) is 19.2. The number of carbonyl (C=O) groups is 2. The van der Waals surface area contributed by atoms with Crippen LogP contribution >= 0.6 is 11.3 Å². The number of amides is 2. The number of carbonyl (C=O) groups excluding carboxylic acids is 2. The summed E-state index contributed by atoms with van der Waals surface area (Å²) < 4.78 is 0. The minimum Gasteiger partial charge on any atom is -0.399 e. The molecule has 1 aromatic carbocycles. The zero-order chi connectivity index (χ0) is 23.6. The van der Waals surface area contributed by atoms with Crippen molar-refractivity contribution in [2.75, 3.05) is 41.8 Å². The first kappa shape index (κ1) is 22.4. The summed E-state index contributed by atoms with van der Waals surface area (Å²) >= 11 is 1.31. The maximum atomic E-state index is 12.9. The molecule has 1 saturated heterocycles. The van der Waals surface area contributed by atoms with Crippen molar-refractivity contribution in [1.29, 1.82) is 0 Å². The topological polar surface area (TPSA) is 178 Å². The first-order chi connectivity index (χ1) is 15.8. The number of nitrogens with two attached hydrogens (primary N) is 3. The average Bonchev–Trinajstić information content (AvgIpc) is 3.30. The molecule has 4 rings (SSSR count). The van der Waals surface area contributed by atoms with Crippen molar-refractivity contribution < 1.29 is 9.59 Å². The molecule has 0 atom stereocenters. The van der Waals surface area contributed by atoms with Crippen LogP contribution < -0.4 is 32.7 Å². The molecule has 0 bridgehead atoms. The Kier molecular flexibility index (Phi) is 6.11. The number of hydrogen-bond acceptors (Lipinski definition) is 10. The number of primary amides is 1. The second kappa shape index (κ2) is 9.00. The van der Waals surface area contributed by atoms with Crippen LogP contribution in [0.5, 0.6) is 0 Å². The molecule has 1 fully saturated rings. The van der Waals surface area contributed by atoms with Gasteiger partial charge in [0, 0.05) is 42.1 Å². The number of aromatic nitrogens is 3. The van der Waals surface area contributed by atoms with Gasteiger partial charge in [0.05, 0.1) is 11.4 Å². The maximum absolute atomic E-state index is 12.9. The number of anilines is 4. The number of nitrogen functional groups attached to an aromatic ring is 2. The molecule has 2 aromatic heterocycles. The fraction of sp³-hybridized carbons (Fsp3) is 0.286. The van der Waals surface area contributed by atoms with E-state index in [4.69, 9.17) is 17.2 Å². The van der Waals surface area contributed by atoms with Crippen LogP contribution in [-0.4, -0.2) is 52.4 Å². The first-order valence-corrected chi connectivity index (χ1v) is 11.2. The van der Waals surface area contributed by atoms with E-state index in [2.05, 4.69) is 30.5 Å². The molecule has 0 saturated carbocycles. The lowest BCUT2D eigenvalue weighted by atomic mass is 9.86. The molecule has 0 radical (unpaired) electrons. The van der Waals surface area contributed by atoms with Crippen molar-refractivity contribution in [3.8, 4) is 10.6 Å².